The van der Waals surface area contributed by atoms with E-state index >= 15 is 0 Å². The van der Waals surface area contributed by atoms with Gasteiger partial charge in [-0.1, -0.05) is 0 Å². The molecule has 1 unspecified atom stereocenters. The Bertz CT molecular complexity index is 728. The summed E-state index contributed by atoms with van der Waals surface area (Å²) in [4.78, 5) is 5.17. The van der Waals surface area contributed by atoms with E-state index in [2.05, 4.69) is 39.1 Å². The molecule has 0 radical (unpaired) electrons. The first-order valence-corrected chi connectivity index (χ1v) is 9.52. The van der Waals surface area contributed by atoms with Gasteiger partial charge in [-0.25, -0.2) is 0 Å². The predicted octanol–water partition coefficient (Wildman–Crippen LogP) is 2.45. The molecule has 0 N–H and O–H groups in total. The molecule has 128 valence electrons. The molecule has 1 atom stereocenters. The Balaban J connectivity index is 1.32. The van der Waals surface area contributed by atoms with Crippen LogP contribution in [0.1, 0.15) is 57.2 Å². The van der Waals surface area contributed by atoms with Crippen molar-refractivity contribution in [3.05, 3.63) is 18.0 Å². The average Bonchev–Trinajstić information content (AvgIpc) is 3.23. The molecule has 6 heteroatoms. The normalized spacial score (nSPS) is 26.5. The molecule has 0 amide bonds. The van der Waals surface area contributed by atoms with Crippen LogP contribution in [0.15, 0.2) is 12.1 Å². The summed E-state index contributed by atoms with van der Waals surface area (Å²) in [5.41, 5.74) is 0.876. The fourth-order valence-corrected chi connectivity index (χ4v) is 4.49. The van der Waals surface area contributed by atoms with Crippen molar-refractivity contribution in [3.63, 3.8) is 0 Å². The van der Waals surface area contributed by atoms with Gasteiger partial charge < -0.3 is 4.90 Å². The standard InChI is InChI=1S/C18H26N6/c1-13-3-2-10-23(13)15-8-11-22(12-9-15)17-7-6-16-19-20-18(14-4-5-14)24(16)21-17/h6-7,13-15H,2-5,8-12H2,1H3. The van der Waals surface area contributed by atoms with Gasteiger partial charge in [0.15, 0.2) is 11.5 Å². The molecule has 3 fully saturated rings. The van der Waals surface area contributed by atoms with E-state index in [0.29, 0.717) is 5.92 Å². The van der Waals surface area contributed by atoms with E-state index in [4.69, 9.17) is 5.10 Å². The van der Waals surface area contributed by atoms with Gasteiger partial charge in [-0.2, -0.15) is 4.52 Å². The van der Waals surface area contributed by atoms with Crippen LogP contribution in [0.2, 0.25) is 0 Å². The smallest absolute Gasteiger partial charge is 0.178 e. The molecule has 2 saturated heterocycles. The topological polar surface area (TPSA) is 49.6 Å². The molecule has 0 bridgehead atoms. The number of hydrogen-bond acceptors (Lipinski definition) is 5. The van der Waals surface area contributed by atoms with Crippen LogP contribution >= 0.6 is 0 Å². The minimum atomic E-state index is 0.574. The zero-order valence-corrected chi connectivity index (χ0v) is 14.4. The summed E-state index contributed by atoms with van der Waals surface area (Å²) >= 11 is 0. The Morgan fingerprint density at radius 1 is 0.958 bits per heavy atom. The van der Waals surface area contributed by atoms with Gasteiger partial charge in [0.05, 0.1) is 0 Å². The van der Waals surface area contributed by atoms with Crippen molar-refractivity contribution in [3.8, 4) is 0 Å². The van der Waals surface area contributed by atoms with E-state index in [-0.39, 0.29) is 0 Å². The first-order chi connectivity index (χ1) is 11.8. The lowest BCUT2D eigenvalue weighted by molar-refractivity contribution is 0.163. The number of fused-ring (bicyclic) bond motifs is 1. The van der Waals surface area contributed by atoms with Crippen molar-refractivity contribution in [1.29, 1.82) is 0 Å². The third-order valence-electron chi connectivity index (χ3n) is 6.08. The molecular formula is C18H26N6. The number of hydrogen-bond donors (Lipinski definition) is 0. The third-order valence-corrected chi connectivity index (χ3v) is 6.08. The van der Waals surface area contributed by atoms with Crippen molar-refractivity contribution in [2.24, 2.45) is 0 Å². The number of nitrogens with zero attached hydrogens (tertiary/aromatic N) is 6. The highest BCUT2D eigenvalue weighted by Crippen LogP contribution is 2.38. The highest BCUT2D eigenvalue weighted by atomic mass is 15.4. The molecule has 2 aliphatic heterocycles. The number of aromatic nitrogens is 4. The first-order valence-electron chi connectivity index (χ1n) is 9.52. The van der Waals surface area contributed by atoms with Crippen LogP contribution in [-0.4, -0.2) is 56.4 Å². The molecule has 4 heterocycles. The monoisotopic (exact) mass is 326 g/mol. The molecule has 2 aromatic rings. The minimum Gasteiger partial charge on any atom is -0.355 e. The van der Waals surface area contributed by atoms with Crippen LogP contribution in [-0.2, 0) is 0 Å². The molecule has 1 aliphatic carbocycles. The summed E-state index contributed by atoms with van der Waals surface area (Å²) < 4.78 is 1.97. The van der Waals surface area contributed by atoms with E-state index in [9.17, 15) is 0 Å². The third kappa shape index (κ3) is 2.48. The second kappa shape index (κ2) is 5.69. The van der Waals surface area contributed by atoms with Gasteiger partial charge in [0.2, 0.25) is 0 Å². The van der Waals surface area contributed by atoms with E-state index < -0.39 is 0 Å². The lowest BCUT2D eigenvalue weighted by atomic mass is 10.0. The first kappa shape index (κ1) is 14.6. The number of anilines is 1. The SMILES string of the molecule is CC1CCCN1C1CCN(c2ccc3nnc(C4CC4)n3n2)CC1. The van der Waals surface area contributed by atoms with Gasteiger partial charge in [0.25, 0.3) is 0 Å². The average molecular weight is 326 g/mol. The lowest BCUT2D eigenvalue weighted by Gasteiger charge is -2.39. The lowest BCUT2D eigenvalue weighted by Crippen LogP contribution is -2.46. The van der Waals surface area contributed by atoms with E-state index in [1.807, 2.05) is 4.52 Å². The maximum Gasteiger partial charge on any atom is 0.178 e. The van der Waals surface area contributed by atoms with Gasteiger partial charge in [-0.15, -0.1) is 15.3 Å². The molecule has 6 nitrogen and oxygen atoms in total. The molecule has 0 spiro atoms. The summed E-state index contributed by atoms with van der Waals surface area (Å²) in [7, 11) is 0. The van der Waals surface area contributed by atoms with Crippen LogP contribution in [0.5, 0.6) is 0 Å². The second-order valence-corrected chi connectivity index (χ2v) is 7.74. The minimum absolute atomic E-state index is 0.574. The summed E-state index contributed by atoms with van der Waals surface area (Å²) in [5.74, 6) is 2.70. The molecule has 0 aromatic carbocycles. The Hall–Kier alpha value is -1.69. The van der Waals surface area contributed by atoms with Gasteiger partial charge in [-0.3, -0.25) is 4.90 Å². The molecule has 3 aliphatic rings. The Morgan fingerprint density at radius 2 is 1.79 bits per heavy atom. The van der Waals surface area contributed by atoms with Crippen LogP contribution in [0.25, 0.3) is 5.65 Å². The molecule has 1 saturated carbocycles. The maximum absolute atomic E-state index is 4.86. The second-order valence-electron chi connectivity index (χ2n) is 7.74. The number of piperidine rings is 1. The van der Waals surface area contributed by atoms with E-state index in [1.165, 1.54) is 45.1 Å². The van der Waals surface area contributed by atoms with Crippen molar-refractivity contribution in [2.75, 3.05) is 24.5 Å². The van der Waals surface area contributed by atoms with Crippen LogP contribution < -0.4 is 4.90 Å². The zero-order valence-electron chi connectivity index (χ0n) is 14.4. The van der Waals surface area contributed by atoms with Crippen molar-refractivity contribution in [2.45, 2.75) is 63.5 Å². The summed E-state index contributed by atoms with van der Waals surface area (Å²) in [6, 6.07) is 5.71. The Labute approximate surface area is 142 Å². The molecule has 5 rings (SSSR count). The van der Waals surface area contributed by atoms with Crippen molar-refractivity contribution in [1.82, 2.24) is 24.7 Å². The highest BCUT2D eigenvalue weighted by molar-refractivity contribution is 5.46. The highest BCUT2D eigenvalue weighted by Gasteiger charge is 2.32. The van der Waals surface area contributed by atoms with E-state index in [1.54, 1.807) is 0 Å². The van der Waals surface area contributed by atoms with Crippen molar-refractivity contribution >= 4 is 11.5 Å². The van der Waals surface area contributed by atoms with E-state index in [0.717, 1.165) is 42.5 Å². The summed E-state index contributed by atoms with van der Waals surface area (Å²) in [6.45, 7) is 5.89. The largest absolute Gasteiger partial charge is 0.355 e. The summed E-state index contributed by atoms with van der Waals surface area (Å²) in [6.07, 6.45) is 7.70. The Morgan fingerprint density at radius 3 is 2.50 bits per heavy atom. The van der Waals surface area contributed by atoms with Crippen molar-refractivity contribution < 1.29 is 0 Å². The maximum atomic E-state index is 4.86. The fraction of sp³-hybridized carbons (Fsp3) is 0.722. The van der Waals surface area contributed by atoms with Crippen LogP contribution in [0, 0.1) is 0 Å². The fourth-order valence-electron chi connectivity index (χ4n) is 4.49. The Kier molecular flexibility index (Phi) is 3.47. The van der Waals surface area contributed by atoms with Crippen LogP contribution in [0.4, 0.5) is 5.82 Å². The number of rotatable bonds is 3. The van der Waals surface area contributed by atoms with Gasteiger partial charge in [0, 0.05) is 31.1 Å². The molecule has 24 heavy (non-hydrogen) atoms. The number of likely N-dealkylation sites (tertiary alicyclic amines) is 1. The molecular weight excluding hydrogens is 300 g/mol. The van der Waals surface area contributed by atoms with Gasteiger partial charge >= 0.3 is 0 Å². The van der Waals surface area contributed by atoms with Crippen LogP contribution in [0.3, 0.4) is 0 Å². The zero-order chi connectivity index (χ0) is 16.1. The molecule has 2 aromatic heterocycles. The summed E-state index contributed by atoms with van der Waals surface area (Å²) in [5, 5.41) is 13.5. The van der Waals surface area contributed by atoms with Gasteiger partial charge in [-0.05, 0) is 64.1 Å². The van der Waals surface area contributed by atoms with Gasteiger partial charge in [0.1, 0.15) is 5.82 Å². The quantitative estimate of drug-likeness (QED) is 0.867. The predicted molar refractivity (Wildman–Crippen MR) is 93.4 cm³/mol.